The fraction of sp³-hybridized carbons (Fsp3) is 0.200. The zero-order chi connectivity index (χ0) is 13.8. The third-order valence-corrected chi connectivity index (χ3v) is 3.00. The normalized spacial score (nSPS) is 10.2. The van der Waals surface area contributed by atoms with Crippen LogP contribution in [0.3, 0.4) is 0 Å². The summed E-state index contributed by atoms with van der Waals surface area (Å²) in [5, 5.41) is 8.82. The lowest BCUT2D eigenvalue weighted by molar-refractivity contribution is 0.0696. The van der Waals surface area contributed by atoms with Crippen LogP contribution in [0.2, 0.25) is 0 Å². The fourth-order valence-corrected chi connectivity index (χ4v) is 1.96. The number of aromatic carboxylic acids is 1. The molecule has 4 nitrogen and oxygen atoms in total. The third kappa shape index (κ3) is 3.10. The topological polar surface area (TPSA) is 53.4 Å². The van der Waals surface area contributed by atoms with Crippen molar-refractivity contribution in [3.63, 3.8) is 0 Å². The molecular weight excluding hydrogens is 240 g/mol. The first-order valence-corrected chi connectivity index (χ1v) is 6.03. The van der Waals surface area contributed by atoms with Crippen LogP contribution in [-0.2, 0) is 6.54 Å². The van der Waals surface area contributed by atoms with Crippen LogP contribution in [0.15, 0.2) is 42.6 Å². The number of aromatic nitrogens is 1. The second-order valence-electron chi connectivity index (χ2n) is 4.49. The summed E-state index contributed by atoms with van der Waals surface area (Å²) in [6, 6.07) is 11.5. The van der Waals surface area contributed by atoms with E-state index < -0.39 is 5.97 Å². The van der Waals surface area contributed by atoms with Gasteiger partial charge in [0, 0.05) is 18.9 Å². The van der Waals surface area contributed by atoms with Crippen molar-refractivity contribution in [2.24, 2.45) is 0 Å². The molecule has 0 bridgehead atoms. The van der Waals surface area contributed by atoms with Crippen LogP contribution in [-0.4, -0.2) is 23.1 Å². The number of carboxylic acid groups (broad SMARTS) is 1. The molecule has 0 unspecified atom stereocenters. The lowest BCUT2D eigenvalue weighted by Gasteiger charge is -2.20. The van der Waals surface area contributed by atoms with Crippen molar-refractivity contribution in [1.82, 2.24) is 4.98 Å². The van der Waals surface area contributed by atoms with E-state index in [4.69, 9.17) is 5.11 Å². The van der Waals surface area contributed by atoms with Crippen molar-refractivity contribution in [1.29, 1.82) is 0 Å². The number of pyridine rings is 1. The third-order valence-electron chi connectivity index (χ3n) is 3.00. The highest BCUT2D eigenvalue weighted by Gasteiger charge is 2.07. The summed E-state index contributed by atoms with van der Waals surface area (Å²) in [4.78, 5) is 17.0. The number of carboxylic acids is 1. The van der Waals surface area contributed by atoms with Crippen molar-refractivity contribution in [3.05, 3.63) is 59.4 Å². The Labute approximate surface area is 112 Å². The Morgan fingerprint density at radius 1 is 1.26 bits per heavy atom. The predicted molar refractivity (Wildman–Crippen MR) is 74.5 cm³/mol. The van der Waals surface area contributed by atoms with E-state index >= 15 is 0 Å². The van der Waals surface area contributed by atoms with Gasteiger partial charge in [-0.3, -0.25) is 4.98 Å². The average molecular weight is 256 g/mol. The number of rotatable bonds is 4. The van der Waals surface area contributed by atoms with E-state index in [1.165, 1.54) is 11.8 Å². The highest BCUT2D eigenvalue weighted by molar-refractivity contribution is 5.87. The molecule has 19 heavy (non-hydrogen) atoms. The predicted octanol–water partition coefficient (Wildman–Crippen LogP) is 2.72. The molecule has 4 heteroatoms. The van der Waals surface area contributed by atoms with E-state index in [1.54, 1.807) is 12.1 Å². The van der Waals surface area contributed by atoms with Crippen molar-refractivity contribution in [3.8, 4) is 0 Å². The van der Waals surface area contributed by atoms with Gasteiger partial charge in [0.05, 0.1) is 17.8 Å². The smallest absolute Gasteiger partial charge is 0.337 e. The molecule has 98 valence electrons. The minimum atomic E-state index is -0.952. The standard InChI is InChI=1S/C15H16N2O2/c1-11-5-3-4-6-14(11)17(2)10-13-8-7-12(9-16-13)15(18)19/h3-9H,10H2,1-2H3,(H,18,19). The van der Waals surface area contributed by atoms with Crippen molar-refractivity contribution in [2.45, 2.75) is 13.5 Å². The molecule has 1 N–H and O–H groups in total. The van der Waals surface area contributed by atoms with Gasteiger partial charge < -0.3 is 10.0 Å². The number of para-hydroxylation sites is 1. The van der Waals surface area contributed by atoms with Gasteiger partial charge >= 0.3 is 5.97 Å². The summed E-state index contributed by atoms with van der Waals surface area (Å²) >= 11 is 0. The van der Waals surface area contributed by atoms with Crippen LogP contribution in [0, 0.1) is 6.92 Å². The summed E-state index contributed by atoms with van der Waals surface area (Å²) in [6.45, 7) is 2.71. The van der Waals surface area contributed by atoms with Gasteiger partial charge in [-0.15, -0.1) is 0 Å². The summed E-state index contributed by atoms with van der Waals surface area (Å²) in [5.41, 5.74) is 3.40. The second kappa shape index (κ2) is 5.52. The fourth-order valence-electron chi connectivity index (χ4n) is 1.96. The highest BCUT2D eigenvalue weighted by atomic mass is 16.4. The van der Waals surface area contributed by atoms with Crippen LogP contribution < -0.4 is 4.90 Å². The Kier molecular flexibility index (Phi) is 3.80. The van der Waals surface area contributed by atoms with Crippen LogP contribution in [0.4, 0.5) is 5.69 Å². The monoisotopic (exact) mass is 256 g/mol. The first-order valence-electron chi connectivity index (χ1n) is 6.03. The number of carbonyl (C=O) groups is 1. The number of benzene rings is 1. The highest BCUT2D eigenvalue weighted by Crippen LogP contribution is 2.19. The number of hydrogen-bond donors (Lipinski definition) is 1. The van der Waals surface area contributed by atoms with E-state index in [1.807, 2.05) is 19.2 Å². The Balaban J connectivity index is 2.13. The van der Waals surface area contributed by atoms with Crippen LogP contribution in [0.25, 0.3) is 0 Å². The second-order valence-corrected chi connectivity index (χ2v) is 4.49. The SMILES string of the molecule is Cc1ccccc1N(C)Cc1ccc(C(=O)O)cn1. The van der Waals surface area contributed by atoms with E-state index in [2.05, 4.69) is 28.9 Å². The van der Waals surface area contributed by atoms with Crippen LogP contribution in [0.5, 0.6) is 0 Å². The number of hydrogen-bond acceptors (Lipinski definition) is 3. The molecule has 0 aliphatic heterocycles. The molecule has 1 heterocycles. The Morgan fingerprint density at radius 3 is 2.58 bits per heavy atom. The van der Waals surface area contributed by atoms with Gasteiger partial charge in [0.2, 0.25) is 0 Å². The molecule has 1 aromatic carbocycles. The average Bonchev–Trinajstić information content (AvgIpc) is 2.39. The van der Waals surface area contributed by atoms with E-state index in [0.29, 0.717) is 6.54 Å². The molecule has 0 spiro atoms. The molecule has 1 aromatic heterocycles. The summed E-state index contributed by atoms with van der Waals surface area (Å²) in [6.07, 6.45) is 1.39. The van der Waals surface area contributed by atoms with Crippen molar-refractivity contribution in [2.75, 3.05) is 11.9 Å². The minimum Gasteiger partial charge on any atom is -0.478 e. The Bertz CT molecular complexity index is 579. The molecule has 0 aliphatic rings. The molecule has 0 radical (unpaired) electrons. The van der Waals surface area contributed by atoms with Crippen LogP contribution in [0.1, 0.15) is 21.6 Å². The van der Waals surface area contributed by atoms with Crippen molar-refractivity contribution < 1.29 is 9.90 Å². The maximum Gasteiger partial charge on any atom is 0.337 e. The van der Waals surface area contributed by atoms with Gasteiger partial charge in [0.1, 0.15) is 0 Å². The number of anilines is 1. The van der Waals surface area contributed by atoms with Crippen molar-refractivity contribution >= 4 is 11.7 Å². The van der Waals surface area contributed by atoms with E-state index in [0.717, 1.165) is 11.4 Å². The minimum absolute atomic E-state index is 0.210. The molecule has 0 fully saturated rings. The van der Waals surface area contributed by atoms with E-state index in [-0.39, 0.29) is 5.56 Å². The number of nitrogens with zero attached hydrogens (tertiary/aromatic N) is 2. The summed E-state index contributed by atoms with van der Waals surface area (Å²) < 4.78 is 0. The Hall–Kier alpha value is -2.36. The molecule has 0 atom stereocenters. The maximum atomic E-state index is 10.8. The Morgan fingerprint density at radius 2 is 2.00 bits per heavy atom. The largest absolute Gasteiger partial charge is 0.478 e. The zero-order valence-corrected chi connectivity index (χ0v) is 11.0. The first kappa shape index (κ1) is 13.1. The lowest BCUT2D eigenvalue weighted by atomic mass is 10.2. The van der Waals surface area contributed by atoms with Gasteiger partial charge in [-0.05, 0) is 30.7 Å². The maximum absolute atomic E-state index is 10.8. The molecule has 2 aromatic rings. The quantitative estimate of drug-likeness (QED) is 0.913. The van der Waals surface area contributed by atoms with Gasteiger partial charge in [-0.2, -0.15) is 0 Å². The van der Waals surface area contributed by atoms with E-state index in [9.17, 15) is 4.79 Å². The molecule has 0 aliphatic carbocycles. The molecule has 0 amide bonds. The number of aryl methyl sites for hydroxylation is 1. The molecule has 0 saturated heterocycles. The van der Waals surface area contributed by atoms with Gasteiger partial charge in [0.25, 0.3) is 0 Å². The van der Waals surface area contributed by atoms with Gasteiger partial charge in [0.15, 0.2) is 0 Å². The summed E-state index contributed by atoms with van der Waals surface area (Å²) in [7, 11) is 2.00. The molecule has 0 saturated carbocycles. The molecular formula is C15H16N2O2. The first-order chi connectivity index (χ1) is 9.08. The van der Waals surface area contributed by atoms with Gasteiger partial charge in [-0.25, -0.2) is 4.79 Å². The zero-order valence-electron chi connectivity index (χ0n) is 11.0. The summed E-state index contributed by atoms with van der Waals surface area (Å²) in [5.74, 6) is -0.952. The van der Waals surface area contributed by atoms with Crippen LogP contribution >= 0.6 is 0 Å². The lowest BCUT2D eigenvalue weighted by Crippen LogP contribution is -2.18. The van der Waals surface area contributed by atoms with Gasteiger partial charge in [-0.1, -0.05) is 18.2 Å². The molecule has 2 rings (SSSR count).